The predicted molar refractivity (Wildman–Crippen MR) is 49.2 cm³/mol. The maximum absolute atomic E-state index is 12.3. The van der Waals surface area contributed by atoms with Crippen molar-refractivity contribution in [1.29, 1.82) is 0 Å². The SMILES string of the molecule is Cc1cc(Cl)ccc1C(N)C(F)(F)F. The van der Waals surface area contributed by atoms with E-state index in [9.17, 15) is 13.2 Å². The quantitative estimate of drug-likeness (QED) is 0.777. The first kappa shape index (κ1) is 11.3. The first-order chi connectivity index (χ1) is 6.32. The number of alkyl halides is 3. The van der Waals surface area contributed by atoms with Crippen molar-refractivity contribution in [2.45, 2.75) is 19.1 Å². The van der Waals surface area contributed by atoms with Gasteiger partial charge in [-0.15, -0.1) is 0 Å². The van der Waals surface area contributed by atoms with Crippen LogP contribution in [-0.4, -0.2) is 6.18 Å². The average molecular weight is 224 g/mol. The van der Waals surface area contributed by atoms with E-state index in [1.165, 1.54) is 18.2 Å². The van der Waals surface area contributed by atoms with Crippen molar-refractivity contribution in [2.24, 2.45) is 5.73 Å². The lowest BCUT2D eigenvalue weighted by Crippen LogP contribution is -2.29. The van der Waals surface area contributed by atoms with Gasteiger partial charge in [0.2, 0.25) is 0 Å². The van der Waals surface area contributed by atoms with Crippen molar-refractivity contribution in [1.82, 2.24) is 0 Å². The molecule has 0 saturated heterocycles. The molecule has 0 aromatic heterocycles. The van der Waals surface area contributed by atoms with E-state index in [1.807, 2.05) is 0 Å². The zero-order chi connectivity index (χ0) is 10.9. The number of aryl methyl sites for hydroxylation is 1. The van der Waals surface area contributed by atoms with Crippen LogP contribution < -0.4 is 5.73 Å². The molecule has 0 radical (unpaired) electrons. The number of benzene rings is 1. The largest absolute Gasteiger partial charge is 0.407 e. The number of hydrogen-bond acceptors (Lipinski definition) is 1. The Labute approximate surface area is 84.7 Å². The molecule has 0 fully saturated rings. The van der Waals surface area contributed by atoms with E-state index in [-0.39, 0.29) is 5.56 Å². The maximum Gasteiger partial charge on any atom is 0.407 e. The fraction of sp³-hybridized carbons (Fsp3) is 0.333. The highest BCUT2D eigenvalue weighted by Gasteiger charge is 2.38. The second-order valence-corrected chi connectivity index (χ2v) is 3.46. The van der Waals surface area contributed by atoms with E-state index in [4.69, 9.17) is 17.3 Å². The van der Waals surface area contributed by atoms with Gasteiger partial charge in [-0.05, 0) is 30.2 Å². The standard InChI is InChI=1S/C9H9ClF3N/c1-5-4-6(10)2-3-7(5)8(14)9(11,12)13/h2-4,8H,14H2,1H3. The van der Waals surface area contributed by atoms with Crippen LogP contribution in [0.1, 0.15) is 17.2 Å². The molecular formula is C9H9ClF3N. The van der Waals surface area contributed by atoms with E-state index < -0.39 is 12.2 Å². The van der Waals surface area contributed by atoms with Crippen molar-refractivity contribution in [3.63, 3.8) is 0 Å². The van der Waals surface area contributed by atoms with Crippen LogP contribution >= 0.6 is 11.6 Å². The van der Waals surface area contributed by atoms with Gasteiger partial charge < -0.3 is 5.73 Å². The summed E-state index contributed by atoms with van der Waals surface area (Å²) in [6, 6.07) is 2.22. The van der Waals surface area contributed by atoms with Crippen LogP contribution in [0, 0.1) is 6.92 Å². The Morgan fingerprint density at radius 1 is 1.36 bits per heavy atom. The van der Waals surface area contributed by atoms with Gasteiger partial charge in [-0.3, -0.25) is 0 Å². The molecule has 78 valence electrons. The Balaban J connectivity index is 3.08. The highest BCUT2D eigenvalue weighted by molar-refractivity contribution is 6.30. The third-order valence-electron chi connectivity index (χ3n) is 1.92. The molecule has 1 aromatic carbocycles. The summed E-state index contributed by atoms with van der Waals surface area (Å²) >= 11 is 5.61. The van der Waals surface area contributed by atoms with Crippen LogP contribution in [-0.2, 0) is 0 Å². The lowest BCUT2D eigenvalue weighted by Gasteiger charge is -2.17. The van der Waals surface area contributed by atoms with E-state index in [0.717, 1.165) is 0 Å². The average Bonchev–Trinajstić information content (AvgIpc) is 2.01. The van der Waals surface area contributed by atoms with E-state index in [2.05, 4.69) is 0 Å². The molecule has 5 heteroatoms. The van der Waals surface area contributed by atoms with Gasteiger partial charge >= 0.3 is 6.18 Å². The van der Waals surface area contributed by atoms with Crippen molar-refractivity contribution in [2.75, 3.05) is 0 Å². The van der Waals surface area contributed by atoms with Crippen LogP contribution in [0.25, 0.3) is 0 Å². The molecule has 1 nitrogen and oxygen atoms in total. The molecule has 0 aliphatic heterocycles. The summed E-state index contributed by atoms with van der Waals surface area (Å²) < 4.78 is 36.8. The maximum atomic E-state index is 12.3. The molecule has 1 atom stereocenters. The van der Waals surface area contributed by atoms with Crippen LogP contribution in [0.5, 0.6) is 0 Å². The number of nitrogens with two attached hydrogens (primary N) is 1. The highest BCUT2D eigenvalue weighted by atomic mass is 35.5. The van der Waals surface area contributed by atoms with Gasteiger partial charge in [0.05, 0.1) is 0 Å². The lowest BCUT2D eigenvalue weighted by atomic mass is 10.0. The van der Waals surface area contributed by atoms with Gasteiger partial charge in [-0.1, -0.05) is 17.7 Å². The second kappa shape index (κ2) is 3.79. The van der Waals surface area contributed by atoms with Gasteiger partial charge in [-0.25, -0.2) is 0 Å². The van der Waals surface area contributed by atoms with Crippen molar-refractivity contribution in [3.8, 4) is 0 Å². The minimum Gasteiger partial charge on any atom is -0.316 e. The molecule has 14 heavy (non-hydrogen) atoms. The van der Waals surface area contributed by atoms with E-state index >= 15 is 0 Å². The van der Waals surface area contributed by atoms with Crippen molar-refractivity contribution < 1.29 is 13.2 Å². The Morgan fingerprint density at radius 3 is 2.36 bits per heavy atom. The molecule has 1 rings (SSSR count). The monoisotopic (exact) mass is 223 g/mol. The summed E-state index contributed by atoms with van der Waals surface area (Å²) in [5.74, 6) is 0. The molecular weight excluding hydrogens is 215 g/mol. The van der Waals surface area contributed by atoms with Crippen LogP contribution in [0.2, 0.25) is 5.02 Å². The molecule has 1 aromatic rings. The van der Waals surface area contributed by atoms with Crippen LogP contribution in [0.4, 0.5) is 13.2 Å². The predicted octanol–water partition coefficient (Wildman–Crippen LogP) is 3.21. The molecule has 0 heterocycles. The first-order valence-electron chi connectivity index (χ1n) is 3.90. The fourth-order valence-corrected chi connectivity index (χ4v) is 1.39. The Bertz CT molecular complexity index is 335. The first-order valence-corrected chi connectivity index (χ1v) is 4.28. The Hall–Kier alpha value is -0.740. The highest BCUT2D eigenvalue weighted by Crippen LogP contribution is 2.32. The molecule has 0 amide bonds. The number of hydrogen-bond donors (Lipinski definition) is 1. The summed E-state index contributed by atoms with van der Waals surface area (Å²) in [6.07, 6.45) is -4.42. The van der Waals surface area contributed by atoms with Gasteiger partial charge in [0.25, 0.3) is 0 Å². The number of rotatable bonds is 1. The molecule has 0 aliphatic carbocycles. The zero-order valence-corrected chi connectivity index (χ0v) is 8.15. The third kappa shape index (κ3) is 2.39. The van der Waals surface area contributed by atoms with E-state index in [0.29, 0.717) is 10.6 Å². The molecule has 2 N–H and O–H groups in total. The minimum absolute atomic E-state index is 0.0573. The van der Waals surface area contributed by atoms with Gasteiger partial charge in [0.15, 0.2) is 0 Å². The smallest absolute Gasteiger partial charge is 0.316 e. The normalized spacial score (nSPS) is 14.1. The summed E-state index contributed by atoms with van der Waals surface area (Å²) in [7, 11) is 0. The molecule has 0 spiro atoms. The third-order valence-corrected chi connectivity index (χ3v) is 2.15. The Kier molecular flexibility index (Phi) is 3.07. The fourth-order valence-electron chi connectivity index (χ4n) is 1.16. The van der Waals surface area contributed by atoms with Crippen LogP contribution in [0.3, 0.4) is 0 Å². The summed E-state index contributed by atoms with van der Waals surface area (Å²) in [6.45, 7) is 1.55. The van der Waals surface area contributed by atoms with E-state index in [1.54, 1.807) is 6.92 Å². The van der Waals surface area contributed by atoms with Gasteiger partial charge in [0, 0.05) is 5.02 Å². The molecule has 0 saturated carbocycles. The number of halogens is 4. The topological polar surface area (TPSA) is 26.0 Å². The zero-order valence-electron chi connectivity index (χ0n) is 7.40. The summed E-state index contributed by atoms with van der Waals surface area (Å²) in [5, 5.41) is 0.403. The molecule has 1 unspecified atom stereocenters. The minimum atomic E-state index is -4.42. The summed E-state index contributed by atoms with van der Waals surface area (Å²) in [5.41, 5.74) is 5.56. The summed E-state index contributed by atoms with van der Waals surface area (Å²) in [4.78, 5) is 0. The lowest BCUT2D eigenvalue weighted by molar-refractivity contribution is -0.149. The van der Waals surface area contributed by atoms with Crippen molar-refractivity contribution >= 4 is 11.6 Å². The van der Waals surface area contributed by atoms with Crippen molar-refractivity contribution in [3.05, 3.63) is 34.3 Å². The molecule has 0 aliphatic rings. The van der Waals surface area contributed by atoms with Gasteiger partial charge in [0.1, 0.15) is 6.04 Å². The van der Waals surface area contributed by atoms with Gasteiger partial charge in [-0.2, -0.15) is 13.2 Å². The Morgan fingerprint density at radius 2 is 1.93 bits per heavy atom. The second-order valence-electron chi connectivity index (χ2n) is 3.02. The van der Waals surface area contributed by atoms with Crippen LogP contribution in [0.15, 0.2) is 18.2 Å². The molecule has 0 bridgehead atoms.